The van der Waals surface area contributed by atoms with Gasteiger partial charge in [-0.05, 0) is 5.53 Å². The fourth-order valence-corrected chi connectivity index (χ4v) is 0.128. The monoisotopic (exact) mass is 114 g/mol. The summed E-state index contributed by atoms with van der Waals surface area (Å²) in [7, 11) is 3.02. The molecule has 0 bridgehead atoms. The normalized spacial score (nSPS) is 7.25. The average Bonchev–Trinajstić information content (AvgIpc) is 1.67. The summed E-state index contributed by atoms with van der Waals surface area (Å²) in [5, 5.41) is 2.79. The van der Waals surface area contributed by atoms with E-state index in [1.165, 1.54) is 19.0 Å². The molecular formula is C3H6N4O. The number of rotatable bonds is 0. The van der Waals surface area contributed by atoms with E-state index in [0.717, 1.165) is 0 Å². The third kappa shape index (κ3) is 2.04. The summed E-state index contributed by atoms with van der Waals surface area (Å²) >= 11 is 0. The second-order valence-corrected chi connectivity index (χ2v) is 1.37. The summed E-state index contributed by atoms with van der Waals surface area (Å²) in [5.74, 6) is 0. The number of carbonyl (C=O) groups is 1. The summed E-state index contributed by atoms with van der Waals surface area (Å²) in [4.78, 5) is 13.7. The van der Waals surface area contributed by atoms with Gasteiger partial charge in [-0.3, -0.25) is 4.79 Å². The highest BCUT2D eigenvalue weighted by Gasteiger charge is 1.95. The number of azide groups is 1. The van der Waals surface area contributed by atoms with Crippen molar-refractivity contribution in [3.05, 3.63) is 10.4 Å². The number of nitrogens with zero attached hydrogens (tertiary/aromatic N) is 4. The Balaban J connectivity index is 3.84. The van der Waals surface area contributed by atoms with Gasteiger partial charge in [0, 0.05) is 24.1 Å². The molecule has 0 unspecified atom stereocenters. The molecule has 44 valence electrons. The van der Waals surface area contributed by atoms with Crippen molar-refractivity contribution in [2.45, 2.75) is 0 Å². The molecule has 0 N–H and O–H groups in total. The summed E-state index contributed by atoms with van der Waals surface area (Å²) in [5.41, 5.74) is 7.70. The van der Waals surface area contributed by atoms with Crippen LogP contribution in [-0.2, 0) is 0 Å². The summed E-state index contributed by atoms with van der Waals surface area (Å²) in [6, 6.07) is -0.576. The average molecular weight is 114 g/mol. The maximum atomic E-state index is 10.2. The zero-order valence-corrected chi connectivity index (χ0v) is 4.70. The van der Waals surface area contributed by atoms with Crippen LogP contribution in [0.5, 0.6) is 0 Å². The molecule has 0 fully saturated rings. The van der Waals surface area contributed by atoms with Crippen LogP contribution in [0.15, 0.2) is 5.11 Å². The number of hydrogen-bond acceptors (Lipinski definition) is 1. The van der Waals surface area contributed by atoms with Crippen LogP contribution in [-0.4, -0.2) is 25.0 Å². The van der Waals surface area contributed by atoms with Gasteiger partial charge >= 0.3 is 6.03 Å². The Labute approximate surface area is 46.5 Å². The topological polar surface area (TPSA) is 69.1 Å². The van der Waals surface area contributed by atoms with Crippen LogP contribution in [0.3, 0.4) is 0 Å². The summed E-state index contributed by atoms with van der Waals surface area (Å²) in [6.07, 6.45) is 0. The van der Waals surface area contributed by atoms with Gasteiger partial charge in [-0.15, -0.1) is 0 Å². The first-order chi connectivity index (χ1) is 3.68. The standard InChI is InChI=1S/C3H6N4O/c1-7(2)3(8)5-6-4/h1-2H3. The molecule has 0 rings (SSSR count). The first-order valence-corrected chi connectivity index (χ1v) is 1.95. The second kappa shape index (κ2) is 2.87. The zero-order chi connectivity index (χ0) is 6.57. The molecule has 0 radical (unpaired) electrons. The molecule has 0 aromatic heterocycles. The molecule has 0 saturated carbocycles. The van der Waals surface area contributed by atoms with Crippen LogP contribution in [0.1, 0.15) is 0 Å². The van der Waals surface area contributed by atoms with Gasteiger partial charge in [0.15, 0.2) is 0 Å². The molecule has 5 nitrogen and oxygen atoms in total. The lowest BCUT2D eigenvalue weighted by atomic mass is 10.9. The lowest BCUT2D eigenvalue weighted by Crippen LogP contribution is -2.16. The van der Waals surface area contributed by atoms with Gasteiger partial charge in [-0.25, -0.2) is 0 Å². The minimum absolute atomic E-state index is 0.576. The van der Waals surface area contributed by atoms with Gasteiger partial charge in [-0.2, -0.15) is 0 Å². The van der Waals surface area contributed by atoms with E-state index in [4.69, 9.17) is 5.53 Å². The molecule has 0 heterocycles. The number of hydrogen-bond donors (Lipinski definition) is 0. The van der Waals surface area contributed by atoms with Crippen LogP contribution < -0.4 is 0 Å². The second-order valence-electron chi connectivity index (χ2n) is 1.37. The highest BCUT2D eigenvalue weighted by Crippen LogP contribution is 1.81. The minimum atomic E-state index is -0.576. The van der Waals surface area contributed by atoms with Crippen molar-refractivity contribution in [3.63, 3.8) is 0 Å². The van der Waals surface area contributed by atoms with E-state index in [2.05, 4.69) is 10.0 Å². The van der Waals surface area contributed by atoms with Crippen molar-refractivity contribution >= 4 is 6.03 Å². The number of carbonyl (C=O) groups excluding carboxylic acids is 1. The van der Waals surface area contributed by atoms with Crippen molar-refractivity contribution in [2.24, 2.45) is 5.11 Å². The van der Waals surface area contributed by atoms with Crippen LogP contribution in [0.4, 0.5) is 4.79 Å². The Bertz CT molecular complexity index is 134. The third-order valence-electron chi connectivity index (χ3n) is 0.513. The Morgan fingerprint density at radius 1 is 1.75 bits per heavy atom. The van der Waals surface area contributed by atoms with Gasteiger partial charge in [0.05, 0.1) is 0 Å². The maximum Gasteiger partial charge on any atom is 0.310 e. The highest BCUT2D eigenvalue weighted by atomic mass is 16.2. The van der Waals surface area contributed by atoms with Crippen molar-refractivity contribution in [1.82, 2.24) is 4.90 Å². The van der Waals surface area contributed by atoms with E-state index in [1.807, 2.05) is 0 Å². The van der Waals surface area contributed by atoms with Crippen molar-refractivity contribution in [1.29, 1.82) is 0 Å². The molecular weight excluding hydrogens is 108 g/mol. The molecule has 0 aromatic carbocycles. The van der Waals surface area contributed by atoms with E-state index in [0.29, 0.717) is 0 Å². The predicted octanol–water partition coefficient (Wildman–Crippen LogP) is 0.978. The van der Waals surface area contributed by atoms with E-state index in [-0.39, 0.29) is 0 Å². The zero-order valence-electron chi connectivity index (χ0n) is 4.70. The predicted molar refractivity (Wildman–Crippen MR) is 28.2 cm³/mol. The fourth-order valence-electron chi connectivity index (χ4n) is 0.128. The van der Waals surface area contributed by atoms with Crippen LogP contribution in [0.25, 0.3) is 10.4 Å². The van der Waals surface area contributed by atoms with Gasteiger partial charge in [0.1, 0.15) is 0 Å². The van der Waals surface area contributed by atoms with Crippen molar-refractivity contribution in [2.75, 3.05) is 14.1 Å². The lowest BCUT2D eigenvalue weighted by molar-refractivity contribution is 0.227. The van der Waals surface area contributed by atoms with Crippen LogP contribution >= 0.6 is 0 Å². The van der Waals surface area contributed by atoms with Gasteiger partial charge in [0.2, 0.25) is 0 Å². The smallest absolute Gasteiger partial charge is 0.310 e. The van der Waals surface area contributed by atoms with Crippen molar-refractivity contribution < 1.29 is 4.79 Å². The number of amides is 2. The lowest BCUT2D eigenvalue weighted by Gasteiger charge is -2.01. The molecule has 0 aromatic rings. The van der Waals surface area contributed by atoms with E-state index in [9.17, 15) is 4.79 Å². The minimum Gasteiger partial charge on any atom is -0.343 e. The molecule has 0 saturated heterocycles. The summed E-state index contributed by atoms with van der Waals surface area (Å²) in [6.45, 7) is 0. The van der Waals surface area contributed by atoms with Crippen LogP contribution in [0.2, 0.25) is 0 Å². The van der Waals surface area contributed by atoms with E-state index >= 15 is 0 Å². The fraction of sp³-hybridized carbons (Fsp3) is 0.667. The molecule has 0 atom stereocenters. The third-order valence-corrected chi connectivity index (χ3v) is 0.513. The van der Waals surface area contributed by atoms with Gasteiger partial charge in [-0.1, -0.05) is 0 Å². The Kier molecular flexibility index (Phi) is 2.43. The molecule has 0 aliphatic heterocycles. The molecule has 0 spiro atoms. The van der Waals surface area contributed by atoms with E-state index < -0.39 is 6.03 Å². The SMILES string of the molecule is CN(C)C(=O)N=[N+]=[N-]. The van der Waals surface area contributed by atoms with Crippen molar-refractivity contribution in [3.8, 4) is 0 Å². The van der Waals surface area contributed by atoms with Gasteiger partial charge in [0.25, 0.3) is 0 Å². The molecule has 5 heteroatoms. The summed E-state index contributed by atoms with van der Waals surface area (Å²) < 4.78 is 0. The first-order valence-electron chi connectivity index (χ1n) is 1.95. The highest BCUT2D eigenvalue weighted by molar-refractivity contribution is 5.74. The largest absolute Gasteiger partial charge is 0.343 e. The number of urea groups is 1. The van der Waals surface area contributed by atoms with Crippen LogP contribution in [0, 0.1) is 0 Å². The quantitative estimate of drug-likeness (QED) is 0.263. The molecule has 0 aliphatic rings. The first kappa shape index (κ1) is 6.78. The Hall–Kier alpha value is -1.22. The maximum absolute atomic E-state index is 10.2. The van der Waals surface area contributed by atoms with Gasteiger partial charge < -0.3 is 4.90 Å². The molecule has 8 heavy (non-hydrogen) atoms. The Morgan fingerprint density at radius 3 is 2.38 bits per heavy atom. The van der Waals surface area contributed by atoms with E-state index in [1.54, 1.807) is 0 Å². The molecule has 2 amide bonds. The Morgan fingerprint density at radius 2 is 2.25 bits per heavy atom. The molecule has 0 aliphatic carbocycles.